The number of hydrogen-bond acceptors (Lipinski definition) is 7. The lowest BCUT2D eigenvalue weighted by Crippen LogP contribution is -2.57. The van der Waals surface area contributed by atoms with Gasteiger partial charge >= 0.3 is 0 Å². The van der Waals surface area contributed by atoms with Gasteiger partial charge in [-0.25, -0.2) is 16.8 Å². The van der Waals surface area contributed by atoms with Gasteiger partial charge in [0, 0.05) is 58.6 Å². The monoisotopic (exact) mass is 466 g/mol. The number of rotatable bonds is 5. The lowest BCUT2D eigenvalue weighted by Gasteiger charge is -2.38. The highest BCUT2D eigenvalue weighted by molar-refractivity contribution is 7.93. The van der Waals surface area contributed by atoms with Crippen molar-refractivity contribution in [2.24, 2.45) is 0 Å². The number of sulfonamides is 1. The van der Waals surface area contributed by atoms with Crippen molar-refractivity contribution >= 4 is 30.1 Å². The number of nitrogens with zero attached hydrogens (tertiary/aromatic N) is 4. The molecule has 0 N–H and O–H groups in total. The minimum absolute atomic E-state index is 0.0228. The van der Waals surface area contributed by atoms with Crippen molar-refractivity contribution in [3.8, 4) is 0 Å². The molecule has 0 spiro atoms. The van der Waals surface area contributed by atoms with Crippen LogP contribution in [0.25, 0.3) is 0 Å². The van der Waals surface area contributed by atoms with Crippen molar-refractivity contribution in [3.05, 3.63) is 24.3 Å². The molecular formula is C16H26N4O6S3. The molecule has 2 fully saturated rings. The summed E-state index contributed by atoms with van der Waals surface area (Å²) in [6, 6.07) is 5.46. The largest absolute Gasteiger partial charge is 0.304 e. The molecule has 0 radical (unpaired) electrons. The Kier molecular flexibility index (Phi) is 6.40. The van der Waals surface area contributed by atoms with Crippen LogP contribution in [0.2, 0.25) is 0 Å². The van der Waals surface area contributed by atoms with Crippen LogP contribution in [0.15, 0.2) is 34.1 Å². The molecule has 29 heavy (non-hydrogen) atoms. The fourth-order valence-electron chi connectivity index (χ4n) is 3.43. The van der Waals surface area contributed by atoms with E-state index in [4.69, 9.17) is 0 Å². The predicted molar refractivity (Wildman–Crippen MR) is 108 cm³/mol. The van der Waals surface area contributed by atoms with Crippen LogP contribution >= 0.6 is 0 Å². The maximum atomic E-state index is 13.0. The van der Waals surface area contributed by atoms with Crippen molar-refractivity contribution in [2.75, 3.05) is 65.7 Å². The Labute approximate surface area is 172 Å². The molecule has 0 unspecified atom stereocenters. The summed E-state index contributed by atoms with van der Waals surface area (Å²) >= 11 is 0. The second-order valence-electron chi connectivity index (χ2n) is 7.23. The molecule has 0 aromatic heterocycles. The molecular weight excluding hydrogens is 440 g/mol. The predicted octanol–water partition coefficient (Wildman–Crippen LogP) is -1.11. The molecule has 0 aliphatic carbocycles. The molecule has 1 aromatic rings. The zero-order valence-electron chi connectivity index (χ0n) is 16.4. The average Bonchev–Trinajstić information content (AvgIpc) is 2.68. The molecule has 0 amide bonds. The molecule has 2 aliphatic heterocycles. The summed E-state index contributed by atoms with van der Waals surface area (Å²) in [4.78, 5) is 1.51. The summed E-state index contributed by atoms with van der Waals surface area (Å²) in [6.07, 6.45) is 0.960. The normalized spacial score (nSPS) is 22.0. The maximum absolute atomic E-state index is 13.0. The quantitative estimate of drug-likeness (QED) is 0.540. The van der Waals surface area contributed by atoms with Crippen LogP contribution < -0.4 is 0 Å². The number of hydrogen-bond donors (Lipinski definition) is 0. The third-order valence-corrected chi connectivity index (χ3v) is 10.5. The van der Waals surface area contributed by atoms with E-state index in [9.17, 15) is 25.3 Å². The van der Waals surface area contributed by atoms with E-state index in [2.05, 4.69) is 4.90 Å². The van der Waals surface area contributed by atoms with Gasteiger partial charge in [-0.3, -0.25) is 0 Å². The van der Waals surface area contributed by atoms with Crippen LogP contribution in [0.3, 0.4) is 0 Å². The lowest BCUT2D eigenvalue weighted by molar-refractivity contribution is 0.201. The zero-order valence-corrected chi connectivity index (χ0v) is 18.9. The van der Waals surface area contributed by atoms with Gasteiger partial charge in [-0.1, -0.05) is 12.1 Å². The van der Waals surface area contributed by atoms with E-state index in [1.54, 1.807) is 0 Å². The Hall–Kier alpha value is -1.09. The van der Waals surface area contributed by atoms with Gasteiger partial charge in [0.1, 0.15) is 4.90 Å². The van der Waals surface area contributed by atoms with E-state index in [1.807, 2.05) is 7.05 Å². The van der Waals surface area contributed by atoms with Gasteiger partial charge < -0.3 is 4.90 Å². The highest BCUT2D eigenvalue weighted by atomic mass is 32.2. The molecule has 0 saturated carbocycles. The van der Waals surface area contributed by atoms with E-state index in [-0.39, 0.29) is 36.0 Å². The topological polar surface area (TPSA) is 115 Å². The molecule has 10 nitrogen and oxygen atoms in total. The second kappa shape index (κ2) is 8.21. The van der Waals surface area contributed by atoms with Crippen LogP contribution in [-0.2, 0) is 30.1 Å². The summed E-state index contributed by atoms with van der Waals surface area (Å²) < 4.78 is 79.6. The third-order valence-electron chi connectivity index (χ3n) is 5.18. The Morgan fingerprint density at radius 3 is 1.55 bits per heavy atom. The number of piperazine rings is 2. The minimum atomic E-state index is -4.06. The summed E-state index contributed by atoms with van der Waals surface area (Å²) in [7, 11) is -9.51. The number of benzene rings is 1. The molecule has 1 aromatic carbocycles. The average molecular weight is 467 g/mol. The van der Waals surface area contributed by atoms with E-state index in [0.717, 1.165) is 10.6 Å². The molecule has 164 valence electrons. The van der Waals surface area contributed by atoms with Gasteiger partial charge in [-0.2, -0.15) is 21.3 Å². The van der Waals surface area contributed by atoms with Crippen LogP contribution in [0.1, 0.15) is 0 Å². The van der Waals surface area contributed by atoms with Crippen LogP contribution in [0.4, 0.5) is 0 Å². The van der Waals surface area contributed by atoms with E-state index in [1.165, 1.54) is 32.9 Å². The highest BCUT2D eigenvalue weighted by Gasteiger charge is 2.37. The molecule has 0 bridgehead atoms. The Morgan fingerprint density at radius 2 is 1.07 bits per heavy atom. The van der Waals surface area contributed by atoms with Gasteiger partial charge in [0.05, 0.1) is 4.90 Å². The van der Waals surface area contributed by atoms with Gasteiger partial charge in [0.25, 0.3) is 10.2 Å². The van der Waals surface area contributed by atoms with Gasteiger partial charge in [-0.05, 0) is 19.2 Å². The van der Waals surface area contributed by atoms with Crippen LogP contribution in [-0.4, -0.2) is 109 Å². The molecule has 13 heteroatoms. The summed E-state index contributed by atoms with van der Waals surface area (Å²) in [5.41, 5.74) is 0. The Balaban J connectivity index is 1.76. The van der Waals surface area contributed by atoms with Gasteiger partial charge in [0.2, 0.25) is 10.0 Å². The Morgan fingerprint density at radius 1 is 0.655 bits per heavy atom. The van der Waals surface area contributed by atoms with Crippen LogP contribution in [0.5, 0.6) is 0 Å². The first kappa shape index (κ1) is 22.6. The molecule has 0 atom stereocenters. The summed E-state index contributed by atoms with van der Waals surface area (Å²) in [6.45, 7) is 2.08. The van der Waals surface area contributed by atoms with E-state index >= 15 is 0 Å². The fourth-order valence-corrected chi connectivity index (χ4v) is 8.03. The lowest BCUT2D eigenvalue weighted by atomic mass is 10.4. The SMILES string of the molecule is CN1CCN(S(=O)(=O)N2CCN(S(=O)(=O)c3ccccc3S(C)(=O)=O)CC2)CC1. The zero-order chi connectivity index (χ0) is 21.4. The van der Waals surface area contributed by atoms with Crippen molar-refractivity contribution in [1.29, 1.82) is 0 Å². The number of sulfone groups is 1. The third kappa shape index (κ3) is 4.65. The van der Waals surface area contributed by atoms with Crippen molar-refractivity contribution in [3.63, 3.8) is 0 Å². The van der Waals surface area contributed by atoms with Crippen molar-refractivity contribution in [2.45, 2.75) is 9.79 Å². The van der Waals surface area contributed by atoms with Crippen molar-refractivity contribution < 1.29 is 25.3 Å². The maximum Gasteiger partial charge on any atom is 0.282 e. The van der Waals surface area contributed by atoms with Gasteiger partial charge in [0.15, 0.2) is 9.84 Å². The minimum Gasteiger partial charge on any atom is -0.304 e. The van der Waals surface area contributed by atoms with Gasteiger partial charge in [-0.15, -0.1) is 0 Å². The molecule has 2 heterocycles. The fraction of sp³-hybridized carbons (Fsp3) is 0.625. The highest BCUT2D eigenvalue weighted by Crippen LogP contribution is 2.25. The molecule has 2 aliphatic rings. The first-order valence-electron chi connectivity index (χ1n) is 9.17. The standard InChI is InChI=1S/C16H26N4O6S3/c1-17-7-9-19(10-8-17)29(25,26)20-13-11-18(12-14-20)28(23,24)16-6-4-3-5-15(16)27(2,21)22/h3-6H,7-14H2,1-2H3. The van der Waals surface area contributed by atoms with E-state index in [0.29, 0.717) is 26.2 Å². The molecule has 3 rings (SSSR count). The number of likely N-dealkylation sites (N-methyl/N-ethyl adjacent to an activating group) is 1. The summed E-state index contributed by atoms with van der Waals surface area (Å²) in [5.74, 6) is 0. The second-order valence-corrected chi connectivity index (χ2v) is 13.1. The van der Waals surface area contributed by atoms with Crippen molar-refractivity contribution in [1.82, 2.24) is 17.8 Å². The first-order chi connectivity index (χ1) is 13.4. The molecule has 2 saturated heterocycles. The summed E-state index contributed by atoms with van der Waals surface area (Å²) in [5, 5.41) is 0. The smallest absolute Gasteiger partial charge is 0.282 e. The Bertz CT molecular complexity index is 1060. The van der Waals surface area contributed by atoms with Crippen LogP contribution in [0, 0.1) is 0 Å². The first-order valence-corrected chi connectivity index (χ1v) is 13.9. The van der Waals surface area contributed by atoms with E-state index < -0.39 is 30.1 Å².